The maximum Gasteiger partial charge on any atom is 0.152 e. The molecule has 2 nitrogen and oxygen atoms in total. The number of ketones is 1. The largest absolute Gasteiger partial charge is 0.298 e. The highest BCUT2D eigenvalue weighted by Gasteiger charge is 2.28. The summed E-state index contributed by atoms with van der Waals surface area (Å²) in [4.78, 5) is 15.0. The molecule has 0 saturated carbocycles. The second-order valence-electron chi connectivity index (χ2n) is 6.09. The van der Waals surface area contributed by atoms with Gasteiger partial charge in [-0.3, -0.25) is 9.69 Å². The monoisotopic (exact) mass is 275 g/mol. The third-order valence-electron chi connectivity index (χ3n) is 3.71. The summed E-state index contributed by atoms with van der Waals surface area (Å²) in [5, 5.41) is 0. The van der Waals surface area contributed by atoms with Crippen LogP contribution in [-0.2, 0) is 11.2 Å². The van der Waals surface area contributed by atoms with E-state index in [9.17, 15) is 4.79 Å². The van der Waals surface area contributed by atoms with Crippen molar-refractivity contribution in [3.63, 3.8) is 0 Å². The fraction of sp³-hybridized carbons (Fsp3) is 0.611. The van der Waals surface area contributed by atoms with E-state index >= 15 is 0 Å². The van der Waals surface area contributed by atoms with Gasteiger partial charge in [0.1, 0.15) is 0 Å². The second-order valence-corrected chi connectivity index (χ2v) is 6.09. The van der Waals surface area contributed by atoms with Crippen molar-refractivity contribution in [2.45, 2.75) is 59.5 Å². The van der Waals surface area contributed by atoms with E-state index in [1.54, 1.807) is 0 Å². The first-order valence-electron chi connectivity index (χ1n) is 7.80. The molecule has 0 aliphatic heterocycles. The molecule has 1 aromatic carbocycles. The van der Waals surface area contributed by atoms with Gasteiger partial charge in [-0.25, -0.2) is 0 Å². The maximum absolute atomic E-state index is 12.6. The van der Waals surface area contributed by atoms with Gasteiger partial charge in [-0.15, -0.1) is 0 Å². The summed E-state index contributed by atoms with van der Waals surface area (Å²) < 4.78 is 0. The van der Waals surface area contributed by atoms with Gasteiger partial charge in [-0.2, -0.15) is 0 Å². The lowest BCUT2D eigenvalue weighted by atomic mass is 9.93. The van der Waals surface area contributed by atoms with Gasteiger partial charge in [-0.1, -0.05) is 51.1 Å². The van der Waals surface area contributed by atoms with Crippen LogP contribution in [0.3, 0.4) is 0 Å². The van der Waals surface area contributed by atoms with E-state index in [0.717, 1.165) is 19.4 Å². The van der Waals surface area contributed by atoms with Crippen molar-refractivity contribution >= 4 is 5.78 Å². The molecule has 2 heteroatoms. The third-order valence-corrected chi connectivity index (χ3v) is 3.71. The molecular formula is C18H29NO. The zero-order chi connectivity index (χ0) is 15.1. The summed E-state index contributed by atoms with van der Waals surface area (Å²) in [7, 11) is 0. The van der Waals surface area contributed by atoms with E-state index < -0.39 is 0 Å². The van der Waals surface area contributed by atoms with Crippen molar-refractivity contribution in [2.75, 3.05) is 6.54 Å². The van der Waals surface area contributed by atoms with Gasteiger partial charge < -0.3 is 0 Å². The normalized spacial score (nSPS) is 13.2. The number of carbonyl (C=O) groups is 1. The van der Waals surface area contributed by atoms with E-state index in [4.69, 9.17) is 0 Å². The van der Waals surface area contributed by atoms with Crippen LogP contribution in [0.2, 0.25) is 0 Å². The highest BCUT2D eigenvalue weighted by molar-refractivity contribution is 5.86. The van der Waals surface area contributed by atoms with Gasteiger partial charge >= 0.3 is 0 Å². The first-order chi connectivity index (χ1) is 9.47. The number of nitrogens with zero attached hydrogens (tertiary/aromatic N) is 1. The SMILES string of the molecule is CCCN(C(C)C)[C@@H](Cc1ccccc1)C(=O)C(C)C. The predicted octanol–water partition coefficient (Wildman–Crippen LogP) is 3.94. The van der Waals surface area contributed by atoms with Crippen LogP contribution in [0.15, 0.2) is 30.3 Å². The number of hydrogen-bond donors (Lipinski definition) is 0. The molecular weight excluding hydrogens is 246 g/mol. The number of rotatable bonds is 8. The molecule has 0 aromatic heterocycles. The van der Waals surface area contributed by atoms with Crippen LogP contribution in [0.1, 0.15) is 46.6 Å². The van der Waals surface area contributed by atoms with E-state index in [1.807, 2.05) is 32.0 Å². The summed E-state index contributed by atoms with van der Waals surface area (Å²) in [5.41, 5.74) is 1.24. The van der Waals surface area contributed by atoms with E-state index in [-0.39, 0.29) is 12.0 Å². The highest BCUT2D eigenvalue weighted by atomic mass is 16.1. The fourth-order valence-corrected chi connectivity index (χ4v) is 2.64. The van der Waals surface area contributed by atoms with Crippen LogP contribution < -0.4 is 0 Å². The highest BCUT2D eigenvalue weighted by Crippen LogP contribution is 2.17. The van der Waals surface area contributed by atoms with Gasteiger partial charge in [0.05, 0.1) is 6.04 Å². The maximum atomic E-state index is 12.6. The summed E-state index contributed by atoms with van der Waals surface area (Å²) in [6.07, 6.45) is 1.89. The van der Waals surface area contributed by atoms with Crippen LogP contribution >= 0.6 is 0 Å². The fourth-order valence-electron chi connectivity index (χ4n) is 2.64. The quantitative estimate of drug-likeness (QED) is 0.716. The van der Waals surface area contributed by atoms with Crippen LogP contribution in [-0.4, -0.2) is 29.3 Å². The minimum Gasteiger partial charge on any atom is -0.298 e. The number of carbonyl (C=O) groups excluding carboxylic acids is 1. The molecule has 0 fully saturated rings. The summed E-state index contributed by atoms with van der Waals surface area (Å²) in [6, 6.07) is 10.7. The van der Waals surface area contributed by atoms with Crippen molar-refractivity contribution in [2.24, 2.45) is 5.92 Å². The molecule has 1 atom stereocenters. The number of benzene rings is 1. The number of Topliss-reactive ketones (excluding diaryl/α,β-unsaturated/α-hetero) is 1. The standard InChI is InChI=1S/C18H29NO/c1-6-12-19(15(4)5)17(18(20)14(2)3)13-16-10-8-7-9-11-16/h7-11,14-15,17H,6,12-13H2,1-5H3/t17-/m0/s1. The van der Waals surface area contributed by atoms with Crippen LogP contribution in [0, 0.1) is 5.92 Å². The van der Waals surface area contributed by atoms with Crippen molar-refractivity contribution in [3.8, 4) is 0 Å². The molecule has 1 aromatic rings. The molecule has 0 N–H and O–H groups in total. The average Bonchev–Trinajstić information content (AvgIpc) is 2.42. The Kier molecular flexibility index (Phi) is 6.94. The Morgan fingerprint density at radius 3 is 2.15 bits per heavy atom. The molecule has 0 spiro atoms. The van der Waals surface area contributed by atoms with E-state index in [0.29, 0.717) is 11.8 Å². The molecule has 112 valence electrons. The molecule has 0 unspecified atom stereocenters. The van der Waals surface area contributed by atoms with E-state index in [1.165, 1.54) is 5.56 Å². The third kappa shape index (κ3) is 4.75. The van der Waals surface area contributed by atoms with Crippen molar-refractivity contribution < 1.29 is 4.79 Å². The van der Waals surface area contributed by atoms with Crippen LogP contribution in [0.5, 0.6) is 0 Å². The predicted molar refractivity (Wildman–Crippen MR) is 85.9 cm³/mol. The van der Waals surface area contributed by atoms with Gasteiger partial charge in [0, 0.05) is 12.0 Å². The van der Waals surface area contributed by atoms with Gasteiger partial charge in [0.25, 0.3) is 0 Å². The Labute approximate surface area is 124 Å². The Balaban J connectivity index is 2.97. The number of hydrogen-bond acceptors (Lipinski definition) is 2. The van der Waals surface area contributed by atoms with Crippen LogP contribution in [0.4, 0.5) is 0 Å². The molecule has 20 heavy (non-hydrogen) atoms. The average molecular weight is 275 g/mol. The molecule has 0 bridgehead atoms. The molecule has 1 rings (SSSR count). The van der Waals surface area contributed by atoms with Crippen molar-refractivity contribution in [3.05, 3.63) is 35.9 Å². The zero-order valence-electron chi connectivity index (χ0n) is 13.6. The topological polar surface area (TPSA) is 20.3 Å². The van der Waals surface area contributed by atoms with Gasteiger partial charge in [0.15, 0.2) is 5.78 Å². The summed E-state index contributed by atoms with van der Waals surface area (Å²) in [6.45, 7) is 11.5. The lowest BCUT2D eigenvalue weighted by Crippen LogP contribution is -2.48. The van der Waals surface area contributed by atoms with Crippen molar-refractivity contribution in [1.29, 1.82) is 0 Å². The Hall–Kier alpha value is -1.15. The Bertz CT molecular complexity index is 397. The Morgan fingerprint density at radius 2 is 1.70 bits per heavy atom. The van der Waals surface area contributed by atoms with Crippen molar-refractivity contribution in [1.82, 2.24) is 4.90 Å². The first kappa shape index (κ1) is 16.9. The van der Waals surface area contributed by atoms with Gasteiger partial charge in [-0.05, 0) is 38.8 Å². The van der Waals surface area contributed by atoms with Crippen LogP contribution in [0.25, 0.3) is 0 Å². The molecule has 0 aliphatic carbocycles. The summed E-state index contributed by atoms with van der Waals surface area (Å²) >= 11 is 0. The lowest BCUT2D eigenvalue weighted by molar-refractivity contribution is -0.128. The van der Waals surface area contributed by atoms with E-state index in [2.05, 4.69) is 37.8 Å². The smallest absolute Gasteiger partial charge is 0.152 e. The summed E-state index contributed by atoms with van der Waals surface area (Å²) in [5.74, 6) is 0.442. The zero-order valence-corrected chi connectivity index (χ0v) is 13.6. The minimum atomic E-state index is -0.00245. The molecule has 0 heterocycles. The molecule has 0 aliphatic rings. The second kappa shape index (κ2) is 8.21. The first-order valence-corrected chi connectivity index (χ1v) is 7.80. The lowest BCUT2D eigenvalue weighted by Gasteiger charge is -2.35. The molecule has 0 amide bonds. The Morgan fingerprint density at radius 1 is 1.10 bits per heavy atom. The van der Waals surface area contributed by atoms with Gasteiger partial charge in [0.2, 0.25) is 0 Å². The molecule has 0 saturated heterocycles. The molecule has 0 radical (unpaired) electrons. The minimum absolute atomic E-state index is 0.00245.